The van der Waals surface area contributed by atoms with Crippen LogP contribution in [0.5, 0.6) is 0 Å². The van der Waals surface area contributed by atoms with Crippen molar-refractivity contribution in [3.05, 3.63) is 23.8 Å². The molecule has 3 aliphatic rings. The molecule has 0 aromatic heterocycles. The lowest BCUT2D eigenvalue weighted by Gasteiger charge is -2.27. The van der Waals surface area contributed by atoms with Gasteiger partial charge in [-0.2, -0.15) is 0 Å². The molecule has 21 heavy (non-hydrogen) atoms. The van der Waals surface area contributed by atoms with Gasteiger partial charge in [0.25, 0.3) is 0 Å². The summed E-state index contributed by atoms with van der Waals surface area (Å²) in [7, 11) is 0. The molecule has 1 aromatic carbocycles. The molecule has 1 aliphatic heterocycles. The first-order valence-corrected chi connectivity index (χ1v) is 8.40. The number of aryl methyl sites for hydroxylation is 1. The Hall–Kier alpha value is -1.51. The van der Waals surface area contributed by atoms with Crippen LogP contribution in [0.2, 0.25) is 0 Å². The third-order valence-corrected chi connectivity index (χ3v) is 5.72. The fraction of sp³-hybridized carbons (Fsp3) is 0.611. The number of benzene rings is 1. The maximum atomic E-state index is 12.6. The van der Waals surface area contributed by atoms with Crippen molar-refractivity contribution >= 4 is 17.3 Å². The molecule has 1 heterocycles. The normalized spacial score (nSPS) is 33.4. The van der Waals surface area contributed by atoms with E-state index >= 15 is 0 Å². The Morgan fingerprint density at radius 1 is 1.24 bits per heavy atom. The number of rotatable bonds is 2. The number of hydrogen-bond acceptors (Lipinski definition) is 2. The number of carbonyl (C=O) groups is 1. The summed E-state index contributed by atoms with van der Waals surface area (Å²) in [4.78, 5) is 12.6. The van der Waals surface area contributed by atoms with Gasteiger partial charge in [0.2, 0.25) is 5.91 Å². The predicted octanol–water partition coefficient (Wildman–Crippen LogP) is 3.81. The molecule has 4 rings (SSSR count). The second-order valence-electron chi connectivity index (χ2n) is 7.19. The Kier molecular flexibility index (Phi) is 3.16. The van der Waals surface area contributed by atoms with Crippen LogP contribution in [0.25, 0.3) is 0 Å². The van der Waals surface area contributed by atoms with Crippen LogP contribution in [0, 0.1) is 17.8 Å². The maximum Gasteiger partial charge on any atom is 0.227 e. The molecule has 4 atom stereocenters. The van der Waals surface area contributed by atoms with Gasteiger partial charge in [-0.25, -0.2) is 0 Å². The van der Waals surface area contributed by atoms with Crippen molar-refractivity contribution in [2.75, 3.05) is 10.6 Å². The third kappa shape index (κ3) is 2.33. The summed E-state index contributed by atoms with van der Waals surface area (Å²) >= 11 is 0. The van der Waals surface area contributed by atoms with Crippen molar-refractivity contribution in [3.8, 4) is 0 Å². The van der Waals surface area contributed by atoms with Crippen LogP contribution in [0.15, 0.2) is 18.2 Å². The van der Waals surface area contributed by atoms with Gasteiger partial charge in [0.15, 0.2) is 0 Å². The molecule has 1 aromatic rings. The summed E-state index contributed by atoms with van der Waals surface area (Å²) in [5.74, 6) is 1.95. The van der Waals surface area contributed by atoms with Gasteiger partial charge in [-0.15, -0.1) is 0 Å². The summed E-state index contributed by atoms with van der Waals surface area (Å²) in [5, 5.41) is 6.76. The first kappa shape index (κ1) is 13.2. The minimum Gasteiger partial charge on any atom is -0.381 e. The van der Waals surface area contributed by atoms with E-state index < -0.39 is 0 Å². The van der Waals surface area contributed by atoms with Gasteiger partial charge < -0.3 is 10.6 Å². The van der Waals surface area contributed by atoms with Crippen molar-refractivity contribution in [3.63, 3.8) is 0 Å². The predicted molar refractivity (Wildman–Crippen MR) is 85.4 cm³/mol. The smallest absolute Gasteiger partial charge is 0.227 e. The van der Waals surface area contributed by atoms with E-state index in [0.717, 1.165) is 36.6 Å². The summed E-state index contributed by atoms with van der Waals surface area (Å²) in [6.45, 7) is 2.21. The molecule has 0 radical (unpaired) electrons. The maximum absolute atomic E-state index is 12.6. The van der Waals surface area contributed by atoms with Gasteiger partial charge in [-0.05, 0) is 62.5 Å². The van der Waals surface area contributed by atoms with E-state index in [-0.39, 0.29) is 11.8 Å². The lowest BCUT2D eigenvalue weighted by atomic mass is 9.88. The van der Waals surface area contributed by atoms with E-state index in [9.17, 15) is 4.79 Å². The first-order valence-electron chi connectivity index (χ1n) is 8.40. The number of hydrogen-bond donors (Lipinski definition) is 2. The Morgan fingerprint density at radius 3 is 2.90 bits per heavy atom. The number of nitrogens with one attached hydrogen (secondary N) is 2. The van der Waals surface area contributed by atoms with E-state index in [1.165, 1.54) is 24.8 Å². The highest BCUT2D eigenvalue weighted by Crippen LogP contribution is 2.48. The molecule has 0 spiro atoms. The number of amides is 1. The van der Waals surface area contributed by atoms with Gasteiger partial charge in [0.1, 0.15) is 0 Å². The van der Waals surface area contributed by atoms with Gasteiger partial charge in [0.05, 0.1) is 11.4 Å². The fourth-order valence-corrected chi connectivity index (χ4v) is 4.56. The van der Waals surface area contributed by atoms with E-state index in [1.807, 2.05) is 6.07 Å². The Labute approximate surface area is 126 Å². The fourth-order valence-electron chi connectivity index (χ4n) is 4.56. The van der Waals surface area contributed by atoms with E-state index in [0.29, 0.717) is 12.0 Å². The van der Waals surface area contributed by atoms with Crippen molar-refractivity contribution in [1.82, 2.24) is 0 Å². The summed E-state index contributed by atoms with van der Waals surface area (Å²) in [5.41, 5.74) is 3.46. The highest BCUT2D eigenvalue weighted by atomic mass is 16.1. The largest absolute Gasteiger partial charge is 0.381 e. The second-order valence-corrected chi connectivity index (χ2v) is 7.19. The van der Waals surface area contributed by atoms with Crippen molar-refractivity contribution in [2.45, 2.75) is 51.5 Å². The van der Waals surface area contributed by atoms with Gasteiger partial charge >= 0.3 is 0 Å². The zero-order valence-corrected chi connectivity index (χ0v) is 12.7. The van der Waals surface area contributed by atoms with Crippen LogP contribution in [0.4, 0.5) is 11.4 Å². The Bertz CT molecular complexity index is 568. The molecular formula is C18H24N2O. The monoisotopic (exact) mass is 284 g/mol. The number of para-hydroxylation sites is 1. The van der Waals surface area contributed by atoms with Gasteiger partial charge in [0, 0.05) is 12.0 Å². The molecule has 3 heteroatoms. The van der Waals surface area contributed by atoms with Crippen LogP contribution >= 0.6 is 0 Å². The van der Waals surface area contributed by atoms with E-state index in [2.05, 4.69) is 29.7 Å². The minimum atomic E-state index is 0.246. The number of fused-ring (bicyclic) bond motifs is 3. The van der Waals surface area contributed by atoms with Crippen molar-refractivity contribution in [2.24, 2.45) is 17.8 Å². The molecule has 2 fully saturated rings. The van der Waals surface area contributed by atoms with Crippen molar-refractivity contribution < 1.29 is 4.79 Å². The van der Waals surface area contributed by atoms with Crippen LogP contribution in [-0.4, -0.2) is 11.9 Å². The standard InChI is InChI=1S/C18H24N2O/c1-11-5-7-13-3-2-4-16(17(13)19-11)20-18(21)15-10-12-6-8-14(15)9-12/h2-4,11-12,14-15,19H,5-10H2,1H3,(H,20,21). The lowest BCUT2D eigenvalue weighted by molar-refractivity contribution is -0.121. The lowest BCUT2D eigenvalue weighted by Crippen LogP contribution is -2.29. The highest BCUT2D eigenvalue weighted by molar-refractivity contribution is 5.96. The molecule has 1 amide bonds. The zero-order chi connectivity index (χ0) is 14.4. The summed E-state index contributed by atoms with van der Waals surface area (Å²) in [6.07, 6.45) is 7.24. The Morgan fingerprint density at radius 2 is 2.14 bits per heavy atom. The van der Waals surface area contributed by atoms with Crippen LogP contribution in [0.1, 0.15) is 44.6 Å². The third-order valence-electron chi connectivity index (χ3n) is 5.72. The molecular weight excluding hydrogens is 260 g/mol. The minimum absolute atomic E-state index is 0.246. The molecule has 112 valence electrons. The molecule has 0 saturated heterocycles. The average Bonchev–Trinajstić information content (AvgIpc) is 3.10. The highest BCUT2D eigenvalue weighted by Gasteiger charge is 2.43. The average molecular weight is 284 g/mol. The van der Waals surface area contributed by atoms with Crippen molar-refractivity contribution in [1.29, 1.82) is 0 Å². The van der Waals surface area contributed by atoms with Crippen LogP contribution in [-0.2, 0) is 11.2 Å². The quantitative estimate of drug-likeness (QED) is 0.867. The SMILES string of the molecule is CC1CCc2cccc(NC(=O)C3CC4CCC3C4)c2N1. The van der Waals surface area contributed by atoms with E-state index in [1.54, 1.807) is 0 Å². The van der Waals surface area contributed by atoms with E-state index in [4.69, 9.17) is 0 Å². The molecule has 2 saturated carbocycles. The van der Waals surface area contributed by atoms with Gasteiger partial charge in [-0.1, -0.05) is 18.6 Å². The second kappa shape index (κ2) is 5.04. The number of anilines is 2. The molecule has 2 bridgehead atoms. The molecule has 4 unspecified atom stereocenters. The zero-order valence-electron chi connectivity index (χ0n) is 12.7. The molecule has 3 nitrogen and oxygen atoms in total. The first-order chi connectivity index (χ1) is 10.2. The topological polar surface area (TPSA) is 41.1 Å². The number of carbonyl (C=O) groups excluding carboxylic acids is 1. The molecule has 2 aliphatic carbocycles. The van der Waals surface area contributed by atoms with Gasteiger partial charge in [-0.3, -0.25) is 4.79 Å². The van der Waals surface area contributed by atoms with Crippen LogP contribution in [0.3, 0.4) is 0 Å². The summed E-state index contributed by atoms with van der Waals surface area (Å²) < 4.78 is 0. The van der Waals surface area contributed by atoms with Crippen LogP contribution < -0.4 is 10.6 Å². The molecule has 2 N–H and O–H groups in total. The Balaban J connectivity index is 1.53. The summed E-state index contributed by atoms with van der Waals surface area (Å²) in [6, 6.07) is 6.75.